The van der Waals surface area contributed by atoms with Crippen LogP contribution in [0, 0.1) is 6.92 Å². The van der Waals surface area contributed by atoms with Gasteiger partial charge in [-0.2, -0.15) is 0 Å². The molecule has 0 saturated heterocycles. The highest BCUT2D eigenvalue weighted by atomic mass is 32.2. The lowest BCUT2D eigenvalue weighted by Gasteiger charge is -2.32. The molecule has 6 nitrogen and oxygen atoms in total. The molecule has 1 atom stereocenters. The van der Waals surface area contributed by atoms with Crippen molar-refractivity contribution >= 4 is 16.0 Å². The van der Waals surface area contributed by atoms with Crippen LogP contribution in [0.5, 0.6) is 0 Å². The van der Waals surface area contributed by atoms with Gasteiger partial charge in [-0.1, -0.05) is 48.0 Å². The van der Waals surface area contributed by atoms with Crippen LogP contribution in [0.3, 0.4) is 0 Å². The fraction of sp³-hybridized carbons (Fsp3) is 0.286. The first-order valence-corrected chi connectivity index (χ1v) is 10.4. The van der Waals surface area contributed by atoms with Crippen LogP contribution >= 0.6 is 0 Å². The highest BCUT2D eigenvalue weighted by Crippen LogP contribution is 2.30. The molecule has 0 fully saturated rings. The second-order valence-corrected chi connectivity index (χ2v) is 8.85. The summed E-state index contributed by atoms with van der Waals surface area (Å²) in [4.78, 5) is 12.0. The van der Waals surface area contributed by atoms with Crippen molar-refractivity contribution in [2.24, 2.45) is 0 Å². The third kappa shape index (κ3) is 4.99. The van der Waals surface area contributed by atoms with E-state index < -0.39 is 27.8 Å². The molecule has 148 valence electrons. The molecule has 0 radical (unpaired) electrons. The summed E-state index contributed by atoms with van der Waals surface area (Å²) in [6.45, 7) is 5.15. The van der Waals surface area contributed by atoms with E-state index >= 15 is 0 Å². The van der Waals surface area contributed by atoms with E-state index in [4.69, 9.17) is 9.47 Å². The van der Waals surface area contributed by atoms with E-state index in [1.807, 2.05) is 37.3 Å². The maximum absolute atomic E-state index is 12.9. The summed E-state index contributed by atoms with van der Waals surface area (Å²) in [5, 5.41) is 0. The van der Waals surface area contributed by atoms with Crippen LogP contribution in [-0.2, 0) is 24.3 Å². The van der Waals surface area contributed by atoms with Crippen LogP contribution in [0.15, 0.2) is 71.3 Å². The van der Waals surface area contributed by atoms with Crippen LogP contribution in [0.2, 0.25) is 0 Å². The number of carbonyl (C=O) groups is 1. The third-order valence-corrected chi connectivity index (χ3v) is 5.73. The summed E-state index contributed by atoms with van der Waals surface area (Å²) in [7, 11) is -3.77. The first-order valence-electron chi connectivity index (χ1n) is 8.91. The fourth-order valence-corrected chi connectivity index (χ4v) is 4.18. The molecule has 1 N–H and O–H groups in total. The molecule has 1 heterocycles. The summed E-state index contributed by atoms with van der Waals surface area (Å²) in [6, 6.07) is 15.2. The van der Waals surface area contributed by atoms with Crippen LogP contribution in [0.4, 0.5) is 0 Å². The normalized spacial score (nSPS) is 17.2. The van der Waals surface area contributed by atoms with Crippen molar-refractivity contribution in [2.45, 2.75) is 43.9 Å². The maximum Gasteiger partial charge on any atom is 0.337 e. The zero-order chi connectivity index (χ0) is 20.4. The zero-order valence-corrected chi connectivity index (χ0v) is 16.8. The summed E-state index contributed by atoms with van der Waals surface area (Å²) in [6.07, 6.45) is 1.43. The number of rotatable bonds is 6. The average molecular weight is 401 g/mol. The number of ether oxygens (including phenoxy) is 2. The van der Waals surface area contributed by atoms with Crippen molar-refractivity contribution in [3.63, 3.8) is 0 Å². The predicted octanol–water partition coefficient (Wildman–Crippen LogP) is 3.60. The van der Waals surface area contributed by atoms with Gasteiger partial charge in [0.25, 0.3) is 0 Å². The number of esters is 1. The molecule has 2 aromatic rings. The number of sulfonamides is 1. The molecule has 0 spiro atoms. The second kappa shape index (κ2) is 7.77. The molecule has 0 aromatic heterocycles. The van der Waals surface area contributed by atoms with Gasteiger partial charge in [0, 0.05) is 20.3 Å². The van der Waals surface area contributed by atoms with E-state index in [2.05, 4.69) is 4.72 Å². The Labute approximate surface area is 165 Å². The van der Waals surface area contributed by atoms with Crippen LogP contribution in [0.25, 0.3) is 0 Å². The number of hydrogen-bond donors (Lipinski definition) is 1. The molecule has 1 unspecified atom stereocenters. The van der Waals surface area contributed by atoms with Gasteiger partial charge in [-0.15, -0.1) is 0 Å². The van der Waals surface area contributed by atoms with Gasteiger partial charge in [-0.3, -0.25) is 0 Å². The fourth-order valence-electron chi connectivity index (χ4n) is 2.96. The van der Waals surface area contributed by atoms with Crippen LogP contribution < -0.4 is 4.72 Å². The third-order valence-electron chi connectivity index (χ3n) is 4.24. The van der Waals surface area contributed by atoms with Gasteiger partial charge in [-0.05, 0) is 24.6 Å². The first kappa shape index (κ1) is 20.1. The minimum absolute atomic E-state index is 0.174. The van der Waals surface area contributed by atoms with E-state index in [1.165, 1.54) is 6.08 Å². The van der Waals surface area contributed by atoms with Crippen LogP contribution in [-0.4, -0.2) is 20.2 Å². The first-order chi connectivity index (χ1) is 13.1. The Balaban J connectivity index is 1.90. The van der Waals surface area contributed by atoms with Gasteiger partial charge in [-0.25, -0.2) is 17.9 Å². The Morgan fingerprint density at radius 2 is 1.64 bits per heavy atom. The van der Waals surface area contributed by atoms with Gasteiger partial charge in [0.2, 0.25) is 15.8 Å². The topological polar surface area (TPSA) is 81.7 Å². The van der Waals surface area contributed by atoms with Gasteiger partial charge in [0.1, 0.15) is 5.76 Å². The molecule has 0 amide bonds. The number of benzene rings is 2. The molecule has 0 saturated carbocycles. The lowest BCUT2D eigenvalue weighted by Crippen LogP contribution is -2.36. The zero-order valence-electron chi connectivity index (χ0n) is 16.0. The van der Waals surface area contributed by atoms with E-state index in [0.29, 0.717) is 5.76 Å². The Hall–Kier alpha value is -2.64. The molecule has 1 aliphatic heterocycles. The van der Waals surface area contributed by atoms with Gasteiger partial charge in [0.05, 0.1) is 17.0 Å². The molecular formula is C21H23NO5S. The number of cyclic esters (lactones) is 1. The van der Waals surface area contributed by atoms with E-state index in [0.717, 1.165) is 11.1 Å². The Morgan fingerprint density at radius 1 is 1.00 bits per heavy atom. The summed E-state index contributed by atoms with van der Waals surface area (Å²) < 4.78 is 39.3. The number of nitrogens with one attached hydrogen (secondary N) is 1. The van der Waals surface area contributed by atoms with E-state index in [1.54, 1.807) is 38.1 Å². The van der Waals surface area contributed by atoms with E-state index in [-0.39, 0.29) is 11.3 Å². The van der Waals surface area contributed by atoms with Crippen molar-refractivity contribution in [1.82, 2.24) is 4.72 Å². The summed E-state index contributed by atoms with van der Waals surface area (Å²) >= 11 is 0. The average Bonchev–Trinajstić information content (AvgIpc) is 2.60. The van der Waals surface area contributed by atoms with Crippen LogP contribution in [0.1, 0.15) is 37.4 Å². The largest absolute Gasteiger partial charge is 0.457 e. The minimum Gasteiger partial charge on any atom is -0.457 e. The second-order valence-electron chi connectivity index (χ2n) is 7.14. The van der Waals surface area contributed by atoms with Gasteiger partial charge in [0.15, 0.2) is 0 Å². The Kier molecular flexibility index (Phi) is 5.58. The van der Waals surface area contributed by atoms with Crippen molar-refractivity contribution in [2.75, 3.05) is 0 Å². The molecule has 1 aliphatic rings. The van der Waals surface area contributed by atoms with Crippen molar-refractivity contribution in [3.8, 4) is 0 Å². The smallest absolute Gasteiger partial charge is 0.337 e. The molecule has 7 heteroatoms. The SMILES string of the molecule is Cc1ccc(S(=O)(=O)NC(CC2=CC(=O)OC(C)(C)O2)c2ccccc2)cc1. The van der Waals surface area contributed by atoms with Gasteiger partial charge >= 0.3 is 5.97 Å². The lowest BCUT2D eigenvalue weighted by atomic mass is 10.0. The number of hydrogen-bond acceptors (Lipinski definition) is 5. The summed E-state index contributed by atoms with van der Waals surface area (Å²) in [5.41, 5.74) is 1.74. The van der Waals surface area contributed by atoms with Gasteiger partial charge < -0.3 is 9.47 Å². The monoisotopic (exact) mass is 401 g/mol. The quantitative estimate of drug-likeness (QED) is 0.748. The predicted molar refractivity (Wildman–Crippen MR) is 105 cm³/mol. The van der Waals surface area contributed by atoms with Crippen molar-refractivity contribution in [3.05, 3.63) is 77.6 Å². The molecule has 2 aromatic carbocycles. The molecule has 0 aliphatic carbocycles. The Morgan fingerprint density at radius 3 is 2.25 bits per heavy atom. The highest BCUT2D eigenvalue weighted by molar-refractivity contribution is 7.89. The number of carbonyl (C=O) groups excluding carboxylic acids is 1. The van der Waals surface area contributed by atoms with Crippen molar-refractivity contribution in [1.29, 1.82) is 0 Å². The minimum atomic E-state index is -3.77. The Bertz CT molecular complexity index is 979. The molecule has 28 heavy (non-hydrogen) atoms. The molecule has 3 rings (SSSR count). The standard InChI is InChI=1S/C21H23NO5S/c1-15-9-11-18(12-10-15)28(24,25)22-19(16-7-5-4-6-8-16)13-17-14-20(23)27-21(2,3)26-17/h4-12,14,19,22H,13H2,1-3H3. The number of aryl methyl sites for hydroxylation is 1. The summed E-state index contributed by atoms with van der Waals surface area (Å²) in [5.74, 6) is -1.25. The lowest BCUT2D eigenvalue weighted by molar-refractivity contribution is -0.206. The maximum atomic E-state index is 12.9. The molecule has 0 bridgehead atoms. The van der Waals surface area contributed by atoms with Crippen molar-refractivity contribution < 1.29 is 22.7 Å². The molecular weight excluding hydrogens is 378 g/mol. The van der Waals surface area contributed by atoms with E-state index in [9.17, 15) is 13.2 Å². The highest BCUT2D eigenvalue weighted by Gasteiger charge is 2.32.